The van der Waals surface area contributed by atoms with Crippen LogP contribution < -0.4 is 15.1 Å². The topological polar surface area (TPSA) is 61.9 Å². The van der Waals surface area contributed by atoms with Crippen LogP contribution >= 0.6 is 22.6 Å². The van der Waals surface area contributed by atoms with E-state index in [-0.39, 0.29) is 11.8 Å². The third kappa shape index (κ3) is 3.84. The van der Waals surface area contributed by atoms with E-state index in [1.54, 1.807) is 13.1 Å². The van der Waals surface area contributed by atoms with Crippen molar-refractivity contribution < 1.29 is 18.7 Å². The largest absolute Gasteiger partial charge is 0.381 e. The van der Waals surface area contributed by atoms with Gasteiger partial charge in [-0.15, -0.1) is 0 Å². The quantitative estimate of drug-likeness (QED) is 0.508. The van der Waals surface area contributed by atoms with Gasteiger partial charge in [-0.1, -0.05) is 0 Å². The molecule has 2 saturated heterocycles. The lowest BCUT2D eigenvalue weighted by Crippen LogP contribution is -2.42. The van der Waals surface area contributed by atoms with Gasteiger partial charge in [0.2, 0.25) is 5.91 Å². The van der Waals surface area contributed by atoms with Gasteiger partial charge >= 0.3 is 0 Å². The Morgan fingerprint density at radius 1 is 1.06 bits per heavy atom. The molecular weight excluding hydrogens is 560 g/mol. The van der Waals surface area contributed by atoms with Crippen molar-refractivity contribution in [3.63, 3.8) is 0 Å². The molecule has 2 aromatic rings. The summed E-state index contributed by atoms with van der Waals surface area (Å²) in [6, 6.07) is 8.96. The highest BCUT2D eigenvalue weighted by atomic mass is 127. The summed E-state index contributed by atoms with van der Waals surface area (Å²) in [5.41, 5.74) is 2.62. The van der Waals surface area contributed by atoms with Crippen molar-refractivity contribution in [2.75, 3.05) is 48.5 Å². The molecule has 2 spiro atoms. The number of halogens is 2. The second kappa shape index (κ2) is 8.44. The third-order valence-electron chi connectivity index (χ3n) is 8.56. The van der Waals surface area contributed by atoms with Gasteiger partial charge < -0.3 is 19.9 Å². The Kier molecular flexibility index (Phi) is 5.60. The zero-order valence-corrected chi connectivity index (χ0v) is 22.0. The predicted octanol–water partition coefficient (Wildman–Crippen LogP) is 5.09. The first-order chi connectivity index (χ1) is 16.8. The van der Waals surface area contributed by atoms with Gasteiger partial charge in [-0.3, -0.25) is 9.59 Å². The fourth-order valence-corrected chi connectivity index (χ4v) is 6.65. The van der Waals surface area contributed by atoms with Crippen LogP contribution in [0.4, 0.5) is 21.5 Å². The summed E-state index contributed by atoms with van der Waals surface area (Å²) in [4.78, 5) is 30.4. The number of nitrogens with zero attached hydrogens (tertiary/aromatic N) is 2. The number of piperidine rings is 1. The van der Waals surface area contributed by atoms with E-state index in [0.717, 1.165) is 22.3 Å². The van der Waals surface area contributed by atoms with Crippen molar-refractivity contribution in [3.05, 3.63) is 50.8 Å². The zero-order chi connectivity index (χ0) is 24.4. The number of benzene rings is 2. The first-order valence-electron chi connectivity index (χ1n) is 12.4. The van der Waals surface area contributed by atoms with Crippen molar-refractivity contribution in [3.8, 4) is 0 Å². The summed E-state index contributed by atoms with van der Waals surface area (Å²) >= 11 is 2.28. The van der Waals surface area contributed by atoms with Gasteiger partial charge in [0.15, 0.2) is 0 Å². The first-order valence-corrected chi connectivity index (χ1v) is 13.5. The van der Waals surface area contributed by atoms with Crippen molar-refractivity contribution in [2.24, 2.45) is 5.41 Å². The van der Waals surface area contributed by atoms with Gasteiger partial charge in [-0.05, 0) is 102 Å². The van der Waals surface area contributed by atoms with Crippen LogP contribution in [0, 0.1) is 14.8 Å². The molecule has 0 atom stereocenters. The van der Waals surface area contributed by atoms with Gasteiger partial charge in [0, 0.05) is 42.6 Å². The molecule has 0 radical (unpaired) electrons. The molecule has 0 aromatic heterocycles. The Bertz CT molecular complexity index is 1210. The maximum atomic E-state index is 15.3. The minimum Gasteiger partial charge on any atom is -0.381 e. The van der Waals surface area contributed by atoms with E-state index in [2.05, 4.69) is 38.9 Å². The Hall–Kier alpha value is -2.20. The summed E-state index contributed by atoms with van der Waals surface area (Å²) in [6.45, 7) is 2.82. The SMILES string of the molecule is CN1C(=O)C2(CCOCC2)c2cc(NC(=O)c3ccc(I)cc3N3CCC4(CC3)CC4)cc(F)c21. The highest BCUT2D eigenvalue weighted by molar-refractivity contribution is 14.1. The van der Waals surface area contributed by atoms with Crippen molar-refractivity contribution >= 4 is 51.5 Å². The van der Waals surface area contributed by atoms with E-state index in [4.69, 9.17) is 4.74 Å². The predicted molar refractivity (Wildman–Crippen MR) is 142 cm³/mol. The Balaban J connectivity index is 1.31. The van der Waals surface area contributed by atoms with E-state index in [1.165, 1.54) is 36.6 Å². The van der Waals surface area contributed by atoms with Gasteiger partial charge in [-0.2, -0.15) is 0 Å². The summed E-state index contributed by atoms with van der Waals surface area (Å²) < 4.78 is 21.9. The van der Waals surface area contributed by atoms with Gasteiger partial charge in [-0.25, -0.2) is 4.39 Å². The van der Waals surface area contributed by atoms with Crippen LogP contribution in [0.5, 0.6) is 0 Å². The van der Waals surface area contributed by atoms with Gasteiger partial charge in [0.25, 0.3) is 5.91 Å². The van der Waals surface area contributed by atoms with Crippen molar-refractivity contribution in [1.82, 2.24) is 0 Å². The third-order valence-corrected chi connectivity index (χ3v) is 9.23. The van der Waals surface area contributed by atoms with Crippen LogP contribution in [-0.4, -0.2) is 45.2 Å². The maximum Gasteiger partial charge on any atom is 0.257 e. The molecule has 184 valence electrons. The lowest BCUT2D eigenvalue weighted by Gasteiger charge is -2.35. The van der Waals surface area contributed by atoms with E-state index < -0.39 is 11.2 Å². The van der Waals surface area contributed by atoms with Crippen LogP contribution in [0.15, 0.2) is 30.3 Å². The molecule has 1 saturated carbocycles. The number of anilines is 3. The molecule has 35 heavy (non-hydrogen) atoms. The summed E-state index contributed by atoms with van der Waals surface area (Å²) in [7, 11) is 1.62. The van der Waals surface area contributed by atoms with Crippen LogP contribution in [0.25, 0.3) is 0 Å². The maximum absolute atomic E-state index is 15.3. The fraction of sp³-hybridized carbons (Fsp3) is 0.481. The molecule has 2 amide bonds. The number of ether oxygens (including phenoxy) is 1. The Labute approximate surface area is 218 Å². The molecule has 3 fully saturated rings. The molecular formula is C27H29FIN3O3. The molecule has 6 nitrogen and oxygen atoms in total. The second-order valence-corrected chi connectivity index (χ2v) is 11.8. The lowest BCUT2D eigenvalue weighted by atomic mass is 9.75. The summed E-state index contributed by atoms with van der Waals surface area (Å²) in [5, 5.41) is 2.94. The minimum absolute atomic E-state index is 0.100. The van der Waals surface area contributed by atoms with E-state index in [9.17, 15) is 9.59 Å². The van der Waals surface area contributed by atoms with Crippen LogP contribution in [-0.2, 0) is 14.9 Å². The molecule has 2 aromatic carbocycles. The second-order valence-electron chi connectivity index (χ2n) is 10.5. The molecule has 4 aliphatic rings. The molecule has 0 bridgehead atoms. The summed E-state index contributed by atoms with van der Waals surface area (Å²) in [5.74, 6) is -0.858. The molecule has 0 unspecified atom stereocenters. The van der Waals surface area contributed by atoms with E-state index in [1.807, 2.05) is 12.1 Å². The fourth-order valence-electron chi connectivity index (χ4n) is 6.17. The van der Waals surface area contributed by atoms with E-state index >= 15 is 4.39 Å². The van der Waals surface area contributed by atoms with E-state index in [0.29, 0.717) is 54.0 Å². The lowest BCUT2D eigenvalue weighted by molar-refractivity contribution is -0.126. The number of fused-ring (bicyclic) bond motifs is 2. The minimum atomic E-state index is -0.787. The van der Waals surface area contributed by atoms with Crippen molar-refractivity contribution in [1.29, 1.82) is 0 Å². The van der Waals surface area contributed by atoms with Crippen LogP contribution in [0.1, 0.15) is 54.4 Å². The normalized spacial score (nSPS) is 22.0. The first kappa shape index (κ1) is 23.2. The molecule has 3 aliphatic heterocycles. The number of amides is 2. The molecule has 3 heterocycles. The monoisotopic (exact) mass is 589 g/mol. The average molecular weight is 589 g/mol. The van der Waals surface area contributed by atoms with Crippen LogP contribution in [0.2, 0.25) is 0 Å². The number of nitrogens with one attached hydrogen (secondary N) is 1. The number of rotatable bonds is 3. The van der Waals surface area contributed by atoms with Crippen molar-refractivity contribution in [2.45, 2.75) is 43.9 Å². The molecule has 1 N–H and O–H groups in total. The summed E-state index contributed by atoms with van der Waals surface area (Å²) in [6.07, 6.45) is 6.02. The number of carbonyl (C=O) groups is 2. The average Bonchev–Trinajstić information content (AvgIpc) is 3.58. The number of likely N-dealkylation sites (N-methyl/N-ethyl adjacent to an activating group) is 1. The van der Waals surface area contributed by atoms with Crippen LogP contribution in [0.3, 0.4) is 0 Å². The number of carbonyl (C=O) groups excluding carboxylic acids is 2. The zero-order valence-electron chi connectivity index (χ0n) is 19.8. The Morgan fingerprint density at radius 2 is 1.77 bits per heavy atom. The van der Waals surface area contributed by atoms with Gasteiger partial charge in [0.1, 0.15) is 5.82 Å². The molecule has 8 heteroatoms. The highest BCUT2D eigenvalue weighted by Crippen LogP contribution is 2.54. The smallest absolute Gasteiger partial charge is 0.257 e. The standard InChI is InChI=1S/C27H29FIN3O3/c1-31-23-20(27(25(31)34)8-12-35-13-9-27)15-18(16-21(23)28)30-24(33)19-3-2-17(29)14-22(19)32-10-6-26(4-5-26)7-11-32/h2-3,14-16H,4-13H2,1H3,(H,30,33). The molecule has 1 aliphatic carbocycles. The number of hydrogen-bond acceptors (Lipinski definition) is 4. The number of hydrogen-bond donors (Lipinski definition) is 1. The highest BCUT2D eigenvalue weighted by Gasteiger charge is 2.51. The van der Waals surface area contributed by atoms with Gasteiger partial charge in [0.05, 0.1) is 22.4 Å². The Morgan fingerprint density at radius 3 is 2.46 bits per heavy atom. The molecule has 6 rings (SSSR count).